The van der Waals surface area contributed by atoms with Crippen LogP contribution < -0.4 is 4.90 Å². The minimum atomic E-state index is -0.441. The molecule has 1 aromatic heterocycles. The molecule has 0 aromatic carbocycles. The van der Waals surface area contributed by atoms with Crippen LogP contribution in [-0.4, -0.2) is 47.7 Å². The molecule has 0 aliphatic carbocycles. The molecular formula is C14H23N3O. The van der Waals surface area contributed by atoms with Crippen LogP contribution in [0, 0.1) is 6.92 Å². The lowest BCUT2D eigenvalue weighted by Gasteiger charge is -2.35. The first-order valence-corrected chi connectivity index (χ1v) is 6.73. The van der Waals surface area contributed by atoms with E-state index in [0.717, 1.165) is 49.7 Å². The number of aryl methyl sites for hydroxylation is 1. The van der Waals surface area contributed by atoms with E-state index in [9.17, 15) is 5.11 Å². The predicted octanol–water partition coefficient (Wildman–Crippen LogP) is 1.59. The maximum absolute atomic E-state index is 9.61. The van der Waals surface area contributed by atoms with Crippen molar-refractivity contribution in [3.63, 3.8) is 0 Å². The SMILES string of the molecule is CCN1CCN(c2cc(C)c(C(C)O)cn2)CC1. The summed E-state index contributed by atoms with van der Waals surface area (Å²) >= 11 is 0. The van der Waals surface area contributed by atoms with Gasteiger partial charge in [0.25, 0.3) is 0 Å². The lowest BCUT2D eigenvalue weighted by Crippen LogP contribution is -2.46. The molecule has 0 amide bonds. The van der Waals surface area contributed by atoms with E-state index in [1.165, 1.54) is 0 Å². The van der Waals surface area contributed by atoms with Crippen LogP contribution in [0.2, 0.25) is 0 Å². The standard InChI is InChI=1S/C14H23N3O/c1-4-16-5-7-17(8-6-16)14-9-11(2)13(10-15-14)12(3)18/h9-10,12,18H,4-8H2,1-3H3. The van der Waals surface area contributed by atoms with Gasteiger partial charge in [-0.3, -0.25) is 0 Å². The second kappa shape index (κ2) is 5.67. The maximum Gasteiger partial charge on any atom is 0.128 e. The Labute approximate surface area is 109 Å². The number of hydrogen-bond donors (Lipinski definition) is 1. The molecule has 2 rings (SSSR count). The molecule has 1 unspecified atom stereocenters. The Morgan fingerprint density at radius 2 is 2.00 bits per heavy atom. The summed E-state index contributed by atoms with van der Waals surface area (Å²) in [6.45, 7) is 11.4. The molecule has 1 fully saturated rings. The molecular weight excluding hydrogens is 226 g/mol. The summed E-state index contributed by atoms with van der Waals surface area (Å²) in [5.74, 6) is 1.03. The third-order valence-electron chi connectivity index (χ3n) is 3.73. The van der Waals surface area contributed by atoms with Gasteiger partial charge in [-0.2, -0.15) is 0 Å². The van der Waals surface area contributed by atoms with Crippen LogP contribution in [0.3, 0.4) is 0 Å². The summed E-state index contributed by atoms with van der Waals surface area (Å²) in [5.41, 5.74) is 2.04. The quantitative estimate of drug-likeness (QED) is 0.883. The fourth-order valence-electron chi connectivity index (χ4n) is 2.46. The molecule has 4 heteroatoms. The highest BCUT2D eigenvalue weighted by Crippen LogP contribution is 2.21. The van der Waals surface area contributed by atoms with Gasteiger partial charge in [-0.05, 0) is 32.0 Å². The summed E-state index contributed by atoms with van der Waals surface area (Å²) < 4.78 is 0. The number of hydrogen-bond acceptors (Lipinski definition) is 4. The van der Waals surface area contributed by atoms with E-state index in [4.69, 9.17) is 0 Å². The van der Waals surface area contributed by atoms with E-state index >= 15 is 0 Å². The van der Waals surface area contributed by atoms with Crippen LogP contribution >= 0.6 is 0 Å². The van der Waals surface area contributed by atoms with Gasteiger partial charge in [0.1, 0.15) is 5.82 Å². The molecule has 0 bridgehead atoms. The molecule has 0 spiro atoms. The first-order chi connectivity index (χ1) is 8.61. The van der Waals surface area contributed by atoms with Crippen LogP contribution in [0.1, 0.15) is 31.1 Å². The maximum atomic E-state index is 9.61. The number of piperazine rings is 1. The normalized spacial score (nSPS) is 19.0. The molecule has 1 saturated heterocycles. The molecule has 18 heavy (non-hydrogen) atoms. The number of rotatable bonds is 3. The zero-order valence-corrected chi connectivity index (χ0v) is 11.6. The summed E-state index contributed by atoms with van der Waals surface area (Å²) in [7, 11) is 0. The lowest BCUT2D eigenvalue weighted by atomic mass is 10.1. The second-order valence-corrected chi connectivity index (χ2v) is 5.00. The number of pyridine rings is 1. The van der Waals surface area contributed by atoms with Gasteiger partial charge in [0.2, 0.25) is 0 Å². The predicted molar refractivity (Wildman–Crippen MR) is 73.9 cm³/mol. The molecule has 1 atom stereocenters. The lowest BCUT2D eigenvalue weighted by molar-refractivity contribution is 0.198. The van der Waals surface area contributed by atoms with Crippen molar-refractivity contribution in [1.29, 1.82) is 0 Å². The topological polar surface area (TPSA) is 39.6 Å². The number of anilines is 1. The molecule has 0 radical (unpaired) electrons. The highest BCUT2D eigenvalue weighted by Gasteiger charge is 2.17. The Balaban J connectivity index is 2.08. The minimum Gasteiger partial charge on any atom is -0.389 e. The van der Waals surface area contributed by atoms with E-state index in [1.54, 1.807) is 6.92 Å². The van der Waals surface area contributed by atoms with Crippen LogP contribution in [-0.2, 0) is 0 Å². The van der Waals surface area contributed by atoms with Gasteiger partial charge < -0.3 is 14.9 Å². The molecule has 1 aromatic rings. The Morgan fingerprint density at radius 1 is 1.33 bits per heavy atom. The van der Waals surface area contributed by atoms with Crippen molar-refractivity contribution in [3.8, 4) is 0 Å². The van der Waals surface area contributed by atoms with Gasteiger partial charge >= 0.3 is 0 Å². The first-order valence-electron chi connectivity index (χ1n) is 6.73. The van der Waals surface area contributed by atoms with Crippen molar-refractivity contribution in [3.05, 3.63) is 23.4 Å². The number of aromatic nitrogens is 1. The zero-order valence-electron chi connectivity index (χ0n) is 11.6. The highest BCUT2D eigenvalue weighted by molar-refractivity contribution is 5.44. The van der Waals surface area contributed by atoms with E-state index < -0.39 is 6.10 Å². The summed E-state index contributed by atoms with van der Waals surface area (Å²) in [6.07, 6.45) is 1.37. The third-order valence-corrected chi connectivity index (χ3v) is 3.73. The average molecular weight is 249 g/mol. The van der Waals surface area contributed by atoms with Gasteiger partial charge in [-0.25, -0.2) is 4.98 Å². The largest absolute Gasteiger partial charge is 0.389 e. The van der Waals surface area contributed by atoms with Crippen molar-refractivity contribution >= 4 is 5.82 Å². The van der Waals surface area contributed by atoms with Gasteiger partial charge in [0.15, 0.2) is 0 Å². The Bertz CT molecular complexity index is 398. The fourth-order valence-corrected chi connectivity index (χ4v) is 2.46. The fraction of sp³-hybridized carbons (Fsp3) is 0.643. The van der Waals surface area contributed by atoms with E-state index in [0.29, 0.717) is 0 Å². The minimum absolute atomic E-state index is 0.441. The van der Waals surface area contributed by atoms with Crippen molar-refractivity contribution in [2.75, 3.05) is 37.6 Å². The zero-order chi connectivity index (χ0) is 13.1. The Kier molecular flexibility index (Phi) is 4.19. The third kappa shape index (κ3) is 2.82. The molecule has 0 saturated carbocycles. The van der Waals surface area contributed by atoms with Crippen molar-refractivity contribution in [1.82, 2.24) is 9.88 Å². The molecule has 100 valence electrons. The molecule has 1 N–H and O–H groups in total. The van der Waals surface area contributed by atoms with E-state index in [2.05, 4.69) is 27.8 Å². The van der Waals surface area contributed by atoms with Gasteiger partial charge in [0.05, 0.1) is 6.10 Å². The number of nitrogens with zero attached hydrogens (tertiary/aromatic N) is 3. The van der Waals surface area contributed by atoms with E-state index in [1.807, 2.05) is 13.1 Å². The summed E-state index contributed by atoms with van der Waals surface area (Å²) in [5, 5.41) is 9.61. The van der Waals surface area contributed by atoms with Crippen LogP contribution in [0.4, 0.5) is 5.82 Å². The number of aliphatic hydroxyl groups excluding tert-OH is 1. The smallest absolute Gasteiger partial charge is 0.128 e. The van der Waals surface area contributed by atoms with Crippen LogP contribution in [0.15, 0.2) is 12.3 Å². The van der Waals surface area contributed by atoms with Crippen molar-refractivity contribution in [2.45, 2.75) is 26.9 Å². The molecule has 1 aliphatic heterocycles. The molecule has 2 heterocycles. The summed E-state index contributed by atoms with van der Waals surface area (Å²) in [6, 6.07) is 2.09. The number of likely N-dealkylation sites (N-methyl/N-ethyl adjacent to an activating group) is 1. The van der Waals surface area contributed by atoms with Crippen LogP contribution in [0.25, 0.3) is 0 Å². The van der Waals surface area contributed by atoms with Gasteiger partial charge in [-0.15, -0.1) is 0 Å². The summed E-state index contributed by atoms with van der Waals surface area (Å²) in [4.78, 5) is 9.26. The molecule has 4 nitrogen and oxygen atoms in total. The number of aliphatic hydroxyl groups is 1. The second-order valence-electron chi connectivity index (χ2n) is 5.00. The highest BCUT2D eigenvalue weighted by atomic mass is 16.3. The average Bonchev–Trinajstić information content (AvgIpc) is 2.38. The van der Waals surface area contributed by atoms with Crippen LogP contribution in [0.5, 0.6) is 0 Å². The van der Waals surface area contributed by atoms with Crippen molar-refractivity contribution < 1.29 is 5.11 Å². The van der Waals surface area contributed by atoms with Gasteiger partial charge in [-0.1, -0.05) is 6.92 Å². The van der Waals surface area contributed by atoms with Gasteiger partial charge in [0, 0.05) is 37.9 Å². The van der Waals surface area contributed by atoms with Crippen molar-refractivity contribution in [2.24, 2.45) is 0 Å². The molecule has 1 aliphatic rings. The van der Waals surface area contributed by atoms with E-state index in [-0.39, 0.29) is 0 Å². The Hall–Kier alpha value is -1.13. The Morgan fingerprint density at radius 3 is 2.50 bits per heavy atom. The monoisotopic (exact) mass is 249 g/mol. The first kappa shape index (κ1) is 13.3.